The summed E-state index contributed by atoms with van der Waals surface area (Å²) in [6.45, 7) is 3.06. The normalized spacial score (nSPS) is 21.4. The van der Waals surface area contributed by atoms with Gasteiger partial charge in [-0.1, -0.05) is 30.4 Å². The lowest BCUT2D eigenvalue weighted by molar-refractivity contribution is 0.212. The molecule has 1 aromatic heterocycles. The van der Waals surface area contributed by atoms with E-state index < -0.39 is 0 Å². The van der Waals surface area contributed by atoms with Gasteiger partial charge in [0.05, 0.1) is 18.8 Å². The Morgan fingerprint density at radius 1 is 1.24 bits per heavy atom. The van der Waals surface area contributed by atoms with Crippen LogP contribution in [-0.2, 0) is 13.1 Å². The molecule has 1 unspecified atom stereocenters. The van der Waals surface area contributed by atoms with Gasteiger partial charge in [0.25, 0.3) is 0 Å². The average Bonchev–Trinajstić information content (AvgIpc) is 3.44. The third-order valence-electron chi connectivity index (χ3n) is 6.04. The Morgan fingerprint density at radius 2 is 2.10 bits per heavy atom. The molecular formula is C22H26N6O. The van der Waals surface area contributed by atoms with E-state index in [4.69, 9.17) is 0 Å². The zero-order valence-electron chi connectivity index (χ0n) is 16.6. The summed E-state index contributed by atoms with van der Waals surface area (Å²) in [5, 5.41) is 10.7. The SMILES string of the molecule is CN1CCCC1C1=CN(c2n[nH]c3c2CN(C(=O)Nc2ccccc2)C3)CC=C1. The van der Waals surface area contributed by atoms with Crippen LogP contribution in [0, 0.1) is 0 Å². The first kappa shape index (κ1) is 18.0. The number of urea groups is 1. The summed E-state index contributed by atoms with van der Waals surface area (Å²) in [6, 6.07) is 9.95. The van der Waals surface area contributed by atoms with E-state index in [1.165, 1.54) is 18.4 Å². The number of likely N-dealkylation sites (tertiary alicyclic amines) is 1. The summed E-state index contributed by atoms with van der Waals surface area (Å²) in [5.74, 6) is 0.928. The lowest BCUT2D eigenvalue weighted by Gasteiger charge is -2.27. The third kappa shape index (κ3) is 3.42. The second kappa shape index (κ2) is 7.40. The number of hydrogen-bond acceptors (Lipinski definition) is 4. The lowest BCUT2D eigenvalue weighted by Crippen LogP contribution is -2.31. The van der Waals surface area contributed by atoms with Gasteiger partial charge >= 0.3 is 6.03 Å². The number of nitrogens with zero attached hydrogens (tertiary/aromatic N) is 4. The van der Waals surface area contributed by atoms with E-state index >= 15 is 0 Å². The molecule has 0 aliphatic carbocycles. The number of rotatable bonds is 3. The molecule has 2 aromatic rings. The van der Waals surface area contributed by atoms with Crippen molar-refractivity contribution in [1.82, 2.24) is 20.0 Å². The molecule has 0 radical (unpaired) electrons. The number of para-hydroxylation sites is 1. The van der Waals surface area contributed by atoms with Crippen molar-refractivity contribution in [1.29, 1.82) is 0 Å². The fourth-order valence-corrected chi connectivity index (χ4v) is 4.48. The zero-order valence-corrected chi connectivity index (χ0v) is 16.6. The van der Waals surface area contributed by atoms with Crippen LogP contribution in [0.1, 0.15) is 24.1 Å². The fourth-order valence-electron chi connectivity index (χ4n) is 4.48. The van der Waals surface area contributed by atoms with Crippen LogP contribution in [0.25, 0.3) is 0 Å². The minimum absolute atomic E-state index is 0.0888. The maximum atomic E-state index is 12.7. The molecule has 29 heavy (non-hydrogen) atoms. The number of likely N-dealkylation sites (N-methyl/N-ethyl adjacent to an activating group) is 1. The van der Waals surface area contributed by atoms with E-state index in [9.17, 15) is 4.79 Å². The highest BCUT2D eigenvalue weighted by atomic mass is 16.2. The molecule has 7 heteroatoms. The number of carbonyl (C=O) groups excluding carboxylic acids is 1. The van der Waals surface area contributed by atoms with E-state index in [0.717, 1.165) is 35.9 Å². The van der Waals surface area contributed by atoms with Gasteiger partial charge in [0.1, 0.15) is 0 Å². The summed E-state index contributed by atoms with van der Waals surface area (Å²) in [5.41, 5.74) is 4.27. The molecule has 1 fully saturated rings. The van der Waals surface area contributed by atoms with Crippen molar-refractivity contribution in [3.05, 3.63) is 65.5 Å². The van der Waals surface area contributed by atoms with Crippen molar-refractivity contribution in [2.45, 2.75) is 32.0 Å². The first-order chi connectivity index (χ1) is 14.2. The highest BCUT2D eigenvalue weighted by Gasteiger charge is 2.31. The van der Waals surface area contributed by atoms with Gasteiger partial charge in [-0.2, -0.15) is 5.10 Å². The van der Waals surface area contributed by atoms with Crippen LogP contribution in [0.3, 0.4) is 0 Å². The Hall–Kier alpha value is -3.06. The topological polar surface area (TPSA) is 67.5 Å². The second-order valence-electron chi connectivity index (χ2n) is 7.98. The predicted molar refractivity (Wildman–Crippen MR) is 114 cm³/mol. The van der Waals surface area contributed by atoms with Crippen molar-refractivity contribution in [3.8, 4) is 0 Å². The number of anilines is 2. The Balaban J connectivity index is 1.31. The van der Waals surface area contributed by atoms with Gasteiger partial charge in [-0.25, -0.2) is 4.79 Å². The number of aromatic nitrogens is 2. The molecule has 2 N–H and O–H groups in total. The number of hydrogen-bond donors (Lipinski definition) is 2. The molecule has 1 saturated heterocycles. The highest BCUT2D eigenvalue weighted by Crippen LogP contribution is 2.32. The van der Waals surface area contributed by atoms with Gasteiger partial charge in [0.15, 0.2) is 5.82 Å². The maximum Gasteiger partial charge on any atom is 0.322 e. The Morgan fingerprint density at radius 3 is 2.90 bits per heavy atom. The van der Waals surface area contributed by atoms with Gasteiger partial charge in [0, 0.05) is 30.0 Å². The smallest absolute Gasteiger partial charge is 0.322 e. The standard InChI is InChI=1S/C22H26N6O/c1-26-11-6-10-20(26)16-7-5-12-27(13-16)21-18-14-28(15-19(18)24-25-21)22(29)23-17-8-3-2-4-9-17/h2-5,7-9,13,20H,6,10-12,14-15H2,1H3,(H,23,29)(H,24,25). The number of benzene rings is 1. The fraction of sp³-hybridized carbons (Fsp3) is 0.364. The second-order valence-corrected chi connectivity index (χ2v) is 7.98. The van der Waals surface area contributed by atoms with E-state index in [2.05, 4.69) is 50.7 Å². The number of amides is 2. The molecular weight excluding hydrogens is 364 g/mol. The Kier molecular flexibility index (Phi) is 4.60. The zero-order chi connectivity index (χ0) is 19.8. The Labute approximate surface area is 170 Å². The van der Waals surface area contributed by atoms with Crippen molar-refractivity contribution in [2.75, 3.05) is 30.4 Å². The summed E-state index contributed by atoms with van der Waals surface area (Å²) < 4.78 is 0. The summed E-state index contributed by atoms with van der Waals surface area (Å²) in [4.78, 5) is 19.1. The van der Waals surface area contributed by atoms with Gasteiger partial charge in [0.2, 0.25) is 0 Å². The minimum Gasteiger partial charge on any atom is -0.327 e. The number of H-pyrrole nitrogens is 1. The summed E-state index contributed by atoms with van der Waals surface area (Å²) in [7, 11) is 2.20. The van der Waals surface area contributed by atoms with Crippen LogP contribution in [-0.4, -0.2) is 52.2 Å². The molecule has 150 valence electrons. The Bertz CT molecular complexity index is 963. The third-order valence-corrected chi connectivity index (χ3v) is 6.04. The molecule has 3 aliphatic heterocycles. The first-order valence-electron chi connectivity index (χ1n) is 10.2. The van der Waals surface area contributed by atoms with Crippen LogP contribution < -0.4 is 10.2 Å². The van der Waals surface area contributed by atoms with E-state index in [0.29, 0.717) is 19.1 Å². The van der Waals surface area contributed by atoms with Crippen LogP contribution >= 0.6 is 0 Å². The van der Waals surface area contributed by atoms with E-state index in [-0.39, 0.29) is 6.03 Å². The van der Waals surface area contributed by atoms with Crippen molar-refractivity contribution in [2.24, 2.45) is 0 Å². The van der Waals surface area contributed by atoms with E-state index in [1.807, 2.05) is 35.2 Å². The predicted octanol–water partition coefficient (Wildman–Crippen LogP) is 3.31. The maximum absolute atomic E-state index is 12.7. The summed E-state index contributed by atoms with van der Waals surface area (Å²) >= 11 is 0. The number of fused-ring (bicyclic) bond motifs is 1. The van der Waals surface area contributed by atoms with Crippen LogP contribution in [0.4, 0.5) is 16.3 Å². The molecule has 2 amide bonds. The van der Waals surface area contributed by atoms with Crippen LogP contribution in [0.5, 0.6) is 0 Å². The van der Waals surface area contributed by atoms with Crippen molar-refractivity contribution >= 4 is 17.5 Å². The molecule has 0 spiro atoms. The minimum atomic E-state index is -0.0888. The lowest BCUT2D eigenvalue weighted by atomic mass is 10.0. The molecule has 1 aromatic carbocycles. The van der Waals surface area contributed by atoms with Crippen molar-refractivity contribution < 1.29 is 4.79 Å². The number of nitrogens with one attached hydrogen (secondary N) is 2. The molecule has 4 heterocycles. The van der Waals surface area contributed by atoms with Gasteiger partial charge in [-0.15, -0.1) is 0 Å². The quantitative estimate of drug-likeness (QED) is 0.844. The molecule has 5 rings (SSSR count). The largest absolute Gasteiger partial charge is 0.327 e. The van der Waals surface area contributed by atoms with Gasteiger partial charge in [-0.3, -0.25) is 10.00 Å². The molecule has 0 saturated carbocycles. The number of aromatic amines is 1. The van der Waals surface area contributed by atoms with Crippen molar-refractivity contribution in [3.63, 3.8) is 0 Å². The van der Waals surface area contributed by atoms with Gasteiger partial charge < -0.3 is 15.1 Å². The van der Waals surface area contributed by atoms with Crippen LogP contribution in [0.15, 0.2) is 54.3 Å². The van der Waals surface area contributed by atoms with E-state index in [1.54, 1.807) is 0 Å². The first-order valence-corrected chi connectivity index (χ1v) is 10.2. The molecule has 1 atom stereocenters. The van der Waals surface area contributed by atoms with Crippen LogP contribution in [0.2, 0.25) is 0 Å². The molecule has 0 bridgehead atoms. The monoisotopic (exact) mass is 390 g/mol. The molecule has 7 nitrogen and oxygen atoms in total. The molecule has 3 aliphatic rings. The number of carbonyl (C=O) groups is 1. The summed E-state index contributed by atoms with van der Waals surface area (Å²) in [6.07, 6.45) is 9.13. The highest BCUT2D eigenvalue weighted by molar-refractivity contribution is 5.89. The van der Waals surface area contributed by atoms with Gasteiger partial charge in [-0.05, 0) is 44.1 Å². The average molecular weight is 390 g/mol.